The van der Waals surface area contributed by atoms with Crippen LogP contribution in [-0.2, 0) is 7.05 Å². The summed E-state index contributed by atoms with van der Waals surface area (Å²) in [5, 5.41) is 10.7. The van der Waals surface area contributed by atoms with Crippen LogP contribution < -0.4 is 14.4 Å². The molecule has 3 aromatic heterocycles. The van der Waals surface area contributed by atoms with Crippen molar-refractivity contribution >= 4 is 27.4 Å². The van der Waals surface area contributed by atoms with Gasteiger partial charge in [-0.3, -0.25) is 0 Å². The van der Waals surface area contributed by atoms with Crippen molar-refractivity contribution in [2.24, 2.45) is 13.0 Å². The second-order valence-corrected chi connectivity index (χ2v) is 10.6. The van der Waals surface area contributed by atoms with Crippen LogP contribution in [0.1, 0.15) is 6.42 Å². The van der Waals surface area contributed by atoms with Gasteiger partial charge in [0.05, 0.1) is 19.6 Å². The van der Waals surface area contributed by atoms with E-state index in [4.69, 9.17) is 19.4 Å². The van der Waals surface area contributed by atoms with E-state index in [1.807, 2.05) is 42.1 Å². The molecule has 1 aliphatic rings. The van der Waals surface area contributed by atoms with Crippen molar-refractivity contribution < 1.29 is 19.0 Å². The largest absolute Gasteiger partial charge is 0.497 e. The number of nitrogens with zero attached hydrogens (tertiary/aromatic N) is 5. The highest BCUT2D eigenvalue weighted by Gasteiger charge is 2.30. The van der Waals surface area contributed by atoms with E-state index >= 15 is 4.39 Å². The monoisotopic (exact) mass is 545 g/mol. The quantitative estimate of drug-likeness (QED) is 0.293. The zero-order valence-corrected chi connectivity index (χ0v) is 22.7. The number of aryl methyl sites for hydroxylation is 1. The topological polar surface area (TPSA) is 85.5 Å². The molecule has 39 heavy (non-hydrogen) atoms. The average molecular weight is 546 g/mol. The van der Waals surface area contributed by atoms with Crippen molar-refractivity contribution in [2.45, 2.75) is 6.42 Å². The normalized spacial score (nSPS) is 15.3. The maximum atomic E-state index is 15.7. The van der Waals surface area contributed by atoms with Crippen molar-refractivity contribution in [2.75, 3.05) is 38.8 Å². The molecule has 1 N–H and O–H groups in total. The number of aliphatic hydroxyl groups excluding tert-OH is 1. The summed E-state index contributed by atoms with van der Waals surface area (Å²) in [6.07, 6.45) is 4.43. The lowest BCUT2D eigenvalue weighted by atomic mass is 9.99. The fourth-order valence-corrected chi connectivity index (χ4v) is 6.34. The molecule has 200 valence electrons. The Bertz CT molecular complexity index is 1650. The Morgan fingerprint density at radius 3 is 2.59 bits per heavy atom. The fourth-order valence-electron chi connectivity index (χ4n) is 5.13. The summed E-state index contributed by atoms with van der Waals surface area (Å²) in [5.41, 5.74) is 2.17. The number of imidazole rings is 1. The van der Waals surface area contributed by atoms with Gasteiger partial charge in [-0.1, -0.05) is 24.3 Å². The van der Waals surface area contributed by atoms with E-state index in [1.165, 1.54) is 18.4 Å². The van der Waals surface area contributed by atoms with Crippen LogP contribution in [0.5, 0.6) is 11.5 Å². The number of aliphatic hydroxyl groups is 1. The molecule has 6 rings (SSSR count). The summed E-state index contributed by atoms with van der Waals surface area (Å²) in [5.74, 6) is 2.53. The number of thiophene rings is 1. The van der Waals surface area contributed by atoms with E-state index in [0.29, 0.717) is 23.8 Å². The van der Waals surface area contributed by atoms with E-state index in [1.54, 1.807) is 31.5 Å². The maximum absolute atomic E-state index is 15.7. The highest BCUT2D eigenvalue weighted by atomic mass is 32.1. The van der Waals surface area contributed by atoms with Crippen LogP contribution in [0.25, 0.3) is 43.4 Å². The van der Waals surface area contributed by atoms with Gasteiger partial charge in [-0.15, -0.1) is 11.3 Å². The van der Waals surface area contributed by atoms with Crippen LogP contribution in [0.3, 0.4) is 0 Å². The van der Waals surface area contributed by atoms with Gasteiger partial charge in [-0.2, -0.15) is 0 Å². The van der Waals surface area contributed by atoms with Crippen molar-refractivity contribution in [3.8, 4) is 44.7 Å². The van der Waals surface area contributed by atoms with Gasteiger partial charge in [-0.25, -0.2) is 19.3 Å². The SMILES string of the molecule is COc1ccc(-c2c(-c3cccc(OC)c3F)sc3nc(-c4nccn4C)nc(N4CCC(CO)C4)c23)cc1. The highest BCUT2D eigenvalue weighted by molar-refractivity contribution is 7.22. The van der Waals surface area contributed by atoms with Crippen LogP contribution in [0.15, 0.2) is 54.9 Å². The molecule has 1 saturated heterocycles. The van der Waals surface area contributed by atoms with E-state index in [2.05, 4.69) is 9.88 Å². The molecule has 0 aliphatic carbocycles. The standard InChI is InChI=1S/C29H28FN5O3S/c1-34-14-12-31-28(34)26-32-27(35-13-11-17(15-35)16-36)23-22(18-7-9-19(37-2)10-8-18)25(39-29(23)33-26)20-5-4-6-21(38-3)24(20)30/h4-10,12,14,17,36H,11,13,15-16H2,1-3H3. The van der Waals surface area contributed by atoms with E-state index in [0.717, 1.165) is 50.8 Å². The lowest BCUT2D eigenvalue weighted by molar-refractivity contribution is 0.238. The summed E-state index contributed by atoms with van der Waals surface area (Å²) in [6.45, 7) is 1.54. The molecule has 0 bridgehead atoms. The molecule has 1 fully saturated rings. The van der Waals surface area contributed by atoms with Crippen molar-refractivity contribution in [1.29, 1.82) is 0 Å². The number of aromatic nitrogens is 4. The Hall–Kier alpha value is -4.02. The number of halogens is 1. The fraction of sp³-hybridized carbons (Fsp3) is 0.276. The molecule has 4 heterocycles. The molecular formula is C29H28FN5O3S. The summed E-state index contributed by atoms with van der Waals surface area (Å²) in [4.78, 5) is 18.2. The first-order chi connectivity index (χ1) is 19.0. The first kappa shape index (κ1) is 25.3. The Balaban J connectivity index is 1.68. The minimum atomic E-state index is -0.429. The average Bonchev–Trinajstić information content (AvgIpc) is 3.71. The van der Waals surface area contributed by atoms with Crippen molar-refractivity contribution in [1.82, 2.24) is 19.5 Å². The lowest BCUT2D eigenvalue weighted by Gasteiger charge is -2.20. The minimum absolute atomic E-state index is 0.117. The zero-order chi connectivity index (χ0) is 27.1. The molecule has 0 spiro atoms. The van der Waals surface area contributed by atoms with E-state index in [9.17, 15) is 5.11 Å². The van der Waals surface area contributed by atoms with Crippen LogP contribution in [-0.4, -0.2) is 58.5 Å². The number of methoxy groups -OCH3 is 2. The molecule has 2 aromatic carbocycles. The smallest absolute Gasteiger partial charge is 0.199 e. The number of hydrogen-bond acceptors (Lipinski definition) is 8. The van der Waals surface area contributed by atoms with E-state index in [-0.39, 0.29) is 18.3 Å². The minimum Gasteiger partial charge on any atom is -0.497 e. The predicted octanol–water partition coefficient (Wildman–Crippen LogP) is 5.40. The molecule has 0 saturated carbocycles. The van der Waals surface area contributed by atoms with Gasteiger partial charge in [0.2, 0.25) is 0 Å². The van der Waals surface area contributed by atoms with Gasteiger partial charge in [0, 0.05) is 61.1 Å². The van der Waals surface area contributed by atoms with Gasteiger partial charge in [0.15, 0.2) is 23.2 Å². The second kappa shape index (κ2) is 10.3. The van der Waals surface area contributed by atoms with Gasteiger partial charge in [-0.05, 0) is 30.2 Å². The first-order valence-corrected chi connectivity index (χ1v) is 13.5. The number of fused-ring (bicyclic) bond motifs is 1. The molecule has 1 unspecified atom stereocenters. The van der Waals surface area contributed by atoms with Crippen molar-refractivity contribution in [3.05, 3.63) is 60.7 Å². The Morgan fingerprint density at radius 1 is 1.10 bits per heavy atom. The van der Waals surface area contributed by atoms with Crippen LogP contribution in [0.2, 0.25) is 0 Å². The summed E-state index contributed by atoms with van der Waals surface area (Å²) in [7, 11) is 4.99. The number of benzene rings is 2. The second-order valence-electron chi connectivity index (χ2n) is 9.55. The molecular weight excluding hydrogens is 517 g/mol. The maximum Gasteiger partial charge on any atom is 0.199 e. The third-order valence-electron chi connectivity index (χ3n) is 7.20. The number of rotatable bonds is 7. The molecule has 10 heteroatoms. The molecule has 5 aromatic rings. The van der Waals surface area contributed by atoms with Crippen LogP contribution in [0.4, 0.5) is 10.2 Å². The van der Waals surface area contributed by atoms with Gasteiger partial charge in [0.1, 0.15) is 16.4 Å². The van der Waals surface area contributed by atoms with Gasteiger partial charge in [0.25, 0.3) is 0 Å². The molecule has 0 amide bonds. The Kier molecular flexibility index (Phi) is 6.66. The third kappa shape index (κ3) is 4.39. The first-order valence-electron chi connectivity index (χ1n) is 12.7. The third-order valence-corrected chi connectivity index (χ3v) is 8.32. The number of anilines is 1. The molecule has 1 aliphatic heterocycles. The van der Waals surface area contributed by atoms with Gasteiger partial charge >= 0.3 is 0 Å². The van der Waals surface area contributed by atoms with E-state index < -0.39 is 5.82 Å². The zero-order valence-electron chi connectivity index (χ0n) is 21.9. The summed E-state index contributed by atoms with van der Waals surface area (Å²) in [6, 6.07) is 12.9. The predicted molar refractivity (Wildman–Crippen MR) is 151 cm³/mol. The Labute approximate surface area is 229 Å². The van der Waals surface area contributed by atoms with Gasteiger partial charge < -0.3 is 24.0 Å². The number of hydrogen-bond donors (Lipinski definition) is 1. The van der Waals surface area contributed by atoms with Crippen LogP contribution >= 0.6 is 11.3 Å². The molecule has 1 atom stereocenters. The van der Waals surface area contributed by atoms with Crippen molar-refractivity contribution in [3.63, 3.8) is 0 Å². The van der Waals surface area contributed by atoms with Crippen LogP contribution in [0, 0.1) is 11.7 Å². The summed E-state index contributed by atoms with van der Waals surface area (Å²) >= 11 is 1.42. The summed E-state index contributed by atoms with van der Waals surface area (Å²) < 4.78 is 28.3. The highest BCUT2D eigenvalue weighted by Crippen LogP contribution is 2.49. The molecule has 0 radical (unpaired) electrons. The lowest BCUT2D eigenvalue weighted by Crippen LogP contribution is -2.22. The molecule has 8 nitrogen and oxygen atoms in total. The Morgan fingerprint density at radius 2 is 1.92 bits per heavy atom. The number of ether oxygens (including phenoxy) is 2.